The number of aromatic hydroxyl groups is 1. The number of anilines is 3. The summed E-state index contributed by atoms with van der Waals surface area (Å²) in [5, 5.41) is 20.7. The zero-order valence-electron chi connectivity index (χ0n) is 24.7. The van der Waals surface area contributed by atoms with Crippen molar-refractivity contribution in [3.05, 3.63) is 102 Å². The number of azo groups is 1. The predicted molar refractivity (Wildman–Crippen MR) is 175 cm³/mol. The van der Waals surface area contributed by atoms with E-state index in [0.29, 0.717) is 28.7 Å². The smallest absolute Gasteiger partial charge is 0.295 e. The fraction of sp³-hybridized carbons (Fsp3) is 0.0645. The Bertz CT molecular complexity index is 2260. The van der Waals surface area contributed by atoms with Gasteiger partial charge in [-0.3, -0.25) is 13.9 Å². The minimum atomic E-state index is -4.82. The second kappa shape index (κ2) is 13.1. The Balaban J connectivity index is 1.29. The van der Waals surface area contributed by atoms with Crippen LogP contribution in [0.25, 0.3) is 10.8 Å². The quantitative estimate of drug-likeness (QED) is 0.0408. The number of methoxy groups -OCH3 is 1. The molecule has 0 heterocycles. The normalized spacial score (nSPS) is 11.8. The van der Waals surface area contributed by atoms with Crippen molar-refractivity contribution >= 4 is 65.4 Å². The number of rotatable bonds is 10. The van der Waals surface area contributed by atoms with Gasteiger partial charge in [0.2, 0.25) is 0 Å². The van der Waals surface area contributed by atoms with Crippen LogP contribution in [0.1, 0.15) is 15.9 Å². The van der Waals surface area contributed by atoms with Gasteiger partial charge in [0.05, 0.1) is 40.4 Å². The van der Waals surface area contributed by atoms with Crippen LogP contribution in [0.4, 0.5) is 28.4 Å². The van der Waals surface area contributed by atoms with Crippen molar-refractivity contribution in [1.82, 2.24) is 0 Å². The number of fused-ring (bicyclic) bond motifs is 1. The number of carbonyl (C=O) groups excluding carboxylic acids is 1. The van der Waals surface area contributed by atoms with Crippen LogP contribution < -0.4 is 20.9 Å². The molecule has 0 radical (unpaired) electrons. The predicted octanol–water partition coefficient (Wildman–Crippen LogP) is 6.46. The summed E-state index contributed by atoms with van der Waals surface area (Å²) in [5.41, 5.74) is 9.69. The lowest BCUT2D eigenvalue weighted by Crippen LogP contribution is -2.13. The maximum atomic E-state index is 12.9. The van der Waals surface area contributed by atoms with Gasteiger partial charge in [-0.25, -0.2) is 0 Å². The van der Waals surface area contributed by atoms with Gasteiger partial charge in [-0.15, -0.1) is 0 Å². The third-order valence-electron chi connectivity index (χ3n) is 6.86. The van der Waals surface area contributed by atoms with Gasteiger partial charge in [0.15, 0.2) is 0 Å². The number of nitrogens with one attached hydrogen (secondary N) is 3. The molecule has 0 aliphatic rings. The van der Waals surface area contributed by atoms with Gasteiger partial charge in [0.25, 0.3) is 26.1 Å². The van der Waals surface area contributed by atoms with Crippen LogP contribution in [0, 0.1) is 6.92 Å². The molecule has 0 unspecified atom stereocenters. The molecule has 242 valence electrons. The van der Waals surface area contributed by atoms with Gasteiger partial charge < -0.3 is 26.0 Å². The van der Waals surface area contributed by atoms with Crippen molar-refractivity contribution in [2.45, 2.75) is 16.7 Å². The molecule has 5 aromatic rings. The first kappa shape index (κ1) is 32.8. The molecule has 0 bridgehead atoms. The average Bonchev–Trinajstić information content (AvgIpc) is 3.02. The highest BCUT2D eigenvalue weighted by Crippen LogP contribution is 2.33. The summed E-state index contributed by atoms with van der Waals surface area (Å²) in [6.45, 7) is 1.85. The van der Waals surface area contributed by atoms with E-state index in [1.807, 2.05) is 6.92 Å². The fourth-order valence-corrected chi connectivity index (χ4v) is 5.87. The van der Waals surface area contributed by atoms with Crippen molar-refractivity contribution in [1.29, 1.82) is 0 Å². The third kappa shape index (κ3) is 7.82. The third-order valence-corrected chi connectivity index (χ3v) is 8.59. The number of carbonyl (C=O) groups is 1. The SMILES string of the molecule is COc1cc(N=Nc2ccc3c(S(=O)(=O)O)cc(S(=O)(=O)O)cc3c2)ccc1NC(=O)c1ccc(NNc2ccc(O)cc2C)cc1. The number of benzene rings is 5. The molecular weight excluding hydrogens is 651 g/mol. The number of nitrogens with zero attached hydrogens (tertiary/aromatic N) is 2. The molecule has 47 heavy (non-hydrogen) atoms. The van der Waals surface area contributed by atoms with Gasteiger partial charge in [-0.05, 0) is 96.7 Å². The molecule has 5 aromatic carbocycles. The number of hydrazine groups is 1. The molecule has 6 N–H and O–H groups in total. The first-order chi connectivity index (χ1) is 22.2. The van der Waals surface area contributed by atoms with E-state index < -0.39 is 35.9 Å². The molecule has 0 saturated heterocycles. The van der Waals surface area contributed by atoms with E-state index in [2.05, 4.69) is 26.4 Å². The van der Waals surface area contributed by atoms with E-state index in [1.54, 1.807) is 54.6 Å². The summed E-state index contributed by atoms with van der Waals surface area (Å²) in [4.78, 5) is 11.5. The maximum Gasteiger partial charge on any atom is 0.295 e. The van der Waals surface area contributed by atoms with E-state index in [-0.39, 0.29) is 28.0 Å². The Kier molecular flexibility index (Phi) is 9.12. The highest BCUT2D eigenvalue weighted by Gasteiger charge is 2.20. The monoisotopic (exact) mass is 677 g/mol. The van der Waals surface area contributed by atoms with Crippen molar-refractivity contribution in [3.63, 3.8) is 0 Å². The minimum Gasteiger partial charge on any atom is -0.508 e. The number of phenols is 1. The van der Waals surface area contributed by atoms with Gasteiger partial charge in [0, 0.05) is 17.0 Å². The number of aryl methyl sites for hydroxylation is 1. The molecule has 0 spiro atoms. The van der Waals surface area contributed by atoms with Gasteiger partial charge in [0.1, 0.15) is 16.4 Å². The first-order valence-electron chi connectivity index (χ1n) is 13.6. The molecule has 16 heteroatoms. The molecule has 14 nitrogen and oxygen atoms in total. The molecule has 0 fully saturated rings. The first-order valence-corrected chi connectivity index (χ1v) is 16.4. The average molecular weight is 678 g/mol. The minimum absolute atomic E-state index is 0.00680. The number of ether oxygens (including phenoxy) is 1. The summed E-state index contributed by atoms with van der Waals surface area (Å²) in [6, 6.07) is 22.1. The molecule has 5 rings (SSSR count). The van der Waals surface area contributed by atoms with Crippen molar-refractivity contribution in [2.75, 3.05) is 23.3 Å². The van der Waals surface area contributed by atoms with Crippen LogP contribution in [-0.2, 0) is 20.2 Å². The molecule has 0 aliphatic heterocycles. The van der Waals surface area contributed by atoms with Crippen LogP contribution in [0.5, 0.6) is 11.5 Å². The Labute approximate surface area is 269 Å². The largest absolute Gasteiger partial charge is 0.508 e. The maximum absolute atomic E-state index is 12.9. The topological polar surface area (TPSA) is 216 Å². The Morgan fingerprint density at radius 1 is 0.745 bits per heavy atom. The van der Waals surface area contributed by atoms with E-state index in [4.69, 9.17) is 4.74 Å². The molecule has 0 aromatic heterocycles. The van der Waals surface area contributed by atoms with Crippen LogP contribution in [0.2, 0.25) is 0 Å². The lowest BCUT2D eigenvalue weighted by Gasteiger charge is -2.13. The molecule has 0 aliphatic carbocycles. The van der Waals surface area contributed by atoms with Crippen molar-refractivity contribution in [3.8, 4) is 11.5 Å². The standard InChI is InChI=1S/C31H27N5O9S2/c1-18-13-24(37)9-12-27(18)36-33-21-5-3-19(4-6-21)31(38)32-28-11-8-23(16-29(28)45-2)35-34-22-7-10-26-20(14-22)15-25(46(39,40)41)17-30(26)47(42,43)44/h3-17,33,36-37H,1-2H3,(H,32,38)(H,39,40,41)(H,42,43,44). The summed E-state index contributed by atoms with van der Waals surface area (Å²) in [7, 11) is -8.19. The van der Waals surface area contributed by atoms with E-state index in [1.165, 1.54) is 31.4 Å². The summed E-state index contributed by atoms with van der Waals surface area (Å²) >= 11 is 0. The second-order valence-electron chi connectivity index (χ2n) is 10.1. The van der Waals surface area contributed by atoms with Gasteiger partial charge >= 0.3 is 0 Å². The summed E-state index contributed by atoms with van der Waals surface area (Å²) < 4.78 is 71.5. The zero-order valence-corrected chi connectivity index (χ0v) is 26.3. The van der Waals surface area contributed by atoms with Crippen LogP contribution in [0.15, 0.2) is 111 Å². The molecule has 0 atom stereocenters. The molecule has 1 amide bonds. The van der Waals surface area contributed by atoms with Gasteiger partial charge in [-0.1, -0.05) is 6.07 Å². The highest BCUT2D eigenvalue weighted by molar-refractivity contribution is 7.86. The van der Waals surface area contributed by atoms with Crippen molar-refractivity contribution in [2.24, 2.45) is 10.2 Å². The zero-order chi connectivity index (χ0) is 33.9. The number of hydrogen-bond donors (Lipinski definition) is 6. The molecular formula is C31H27N5O9S2. The Hall–Kier alpha value is -5.55. The summed E-state index contributed by atoms with van der Waals surface area (Å²) in [5.74, 6) is 0.0642. The lowest BCUT2D eigenvalue weighted by molar-refractivity contribution is 0.102. The van der Waals surface area contributed by atoms with Gasteiger partial charge in [-0.2, -0.15) is 27.1 Å². The van der Waals surface area contributed by atoms with Crippen LogP contribution in [-0.4, -0.2) is 44.1 Å². The second-order valence-corrected chi connectivity index (χ2v) is 13.0. The number of phenolic OH excluding ortho intramolecular Hbond substituents is 1. The number of amides is 1. The summed E-state index contributed by atoms with van der Waals surface area (Å²) in [6.07, 6.45) is 0. The Morgan fingerprint density at radius 3 is 2.04 bits per heavy atom. The fourth-order valence-electron chi connectivity index (χ4n) is 4.51. The highest BCUT2D eigenvalue weighted by atomic mass is 32.2. The van der Waals surface area contributed by atoms with Crippen molar-refractivity contribution < 1.29 is 40.6 Å². The van der Waals surface area contributed by atoms with Crippen LogP contribution >= 0.6 is 0 Å². The van der Waals surface area contributed by atoms with E-state index in [9.17, 15) is 35.8 Å². The Morgan fingerprint density at radius 2 is 1.40 bits per heavy atom. The van der Waals surface area contributed by atoms with Crippen LogP contribution in [0.3, 0.4) is 0 Å². The van der Waals surface area contributed by atoms with E-state index >= 15 is 0 Å². The molecule has 0 saturated carbocycles. The number of hydrogen-bond acceptors (Lipinski definition) is 11. The van der Waals surface area contributed by atoms with E-state index in [0.717, 1.165) is 17.3 Å². The lowest BCUT2D eigenvalue weighted by atomic mass is 10.1.